The fourth-order valence-corrected chi connectivity index (χ4v) is 3.02. The van der Waals surface area contributed by atoms with Crippen LogP contribution in [0, 0.1) is 6.92 Å². The molecule has 110 valence electrons. The minimum atomic E-state index is 0.0438. The highest BCUT2D eigenvalue weighted by Crippen LogP contribution is 2.26. The first-order chi connectivity index (χ1) is 9.49. The molecule has 2 unspecified atom stereocenters. The second-order valence-electron chi connectivity index (χ2n) is 5.65. The number of halogens is 1. The molecule has 0 spiro atoms. The standard InChI is InChI=1S/C16H22ClNO2/c1-11-7-8-14(17)15(9-11)20-10-16(19)18-12(2)5-4-6-13(18)3/h7-9,12-13H,4-6,10H2,1-3H3. The monoisotopic (exact) mass is 295 g/mol. The molecule has 1 amide bonds. The molecule has 2 atom stereocenters. The molecule has 0 N–H and O–H groups in total. The Bertz CT molecular complexity index is 479. The van der Waals surface area contributed by atoms with Crippen LogP contribution in [0.25, 0.3) is 0 Å². The van der Waals surface area contributed by atoms with E-state index in [-0.39, 0.29) is 12.5 Å². The van der Waals surface area contributed by atoms with Crippen molar-refractivity contribution < 1.29 is 9.53 Å². The third kappa shape index (κ3) is 3.45. The summed E-state index contributed by atoms with van der Waals surface area (Å²) in [6.45, 7) is 6.23. The number of aryl methyl sites for hydroxylation is 1. The molecule has 1 aliphatic heterocycles. The average Bonchev–Trinajstić information content (AvgIpc) is 2.39. The quantitative estimate of drug-likeness (QED) is 0.848. The van der Waals surface area contributed by atoms with Gasteiger partial charge in [-0.2, -0.15) is 0 Å². The Labute approximate surface area is 125 Å². The zero-order chi connectivity index (χ0) is 14.7. The predicted molar refractivity (Wildman–Crippen MR) is 81.3 cm³/mol. The van der Waals surface area contributed by atoms with Gasteiger partial charge in [-0.1, -0.05) is 17.7 Å². The first-order valence-electron chi connectivity index (χ1n) is 7.19. The fourth-order valence-electron chi connectivity index (χ4n) is 2.85. The molecular weight excluding hydrogens is 274 g/mol. The van der Waals surface area contributed by atoms with Gasteiger partial charge in [0.2, 0.25) is 0 Å². The summed E-state index contributed by atoms with van der Waals surface area (Å²) in [5.41, 5.74) is 1.07. The van der Waals surface area contributed by atoms with Crippen molar-refractivity contribution in [3.8, 4) is 5.75 Å². The molecule has 1 aromatic carbocycles. The van der Waals surface area contributed by atoms with E-state index in [4.69, 9.17) is 16.3 Å². The van der Waals surface area contributed by atoms with Crippen LogP contribution in [0.1, 0.15) is 38.7 Å². The van der Waals surface area contributed by atoms with E-state index < -0.39 is 0 Å². The first-order valence-corrected chi connectivity index (χ1v) is 7.57. The molecule has 3 nitrogen and oxygen atoms in total. The Hall–Kier alpha value is -1.22. The SMILES string of the molecule is Cc1ccc(Cl)c(OCC(=O)N2C(C)CCCC2C)c1. The van der Waals surface area contributed by atoms with Gasteiger partial charge in [-0.15, -0.1) is 0 Å². The summed E-state index contributed by atoms with van der Waals surface area (Å²) in [4.78, 5) is 14.3. The van der Waals surface area contributed by atoms with Crippen molar-refractivity contribution in [3.63, 3.8) is 0 Å². The summed E-state index contributed by atoms with van der Waals surface area (Å²) in [6, 6.07) is 6.17. The Morgan fingerprint density at radius 3 is 2.65 bits per heavy atom. The number of likely N-dealkylation sites (tertiary alicyclic amines) is 1. The van der Waals surface area contributed by atoms with E-state index in [0.717, 1.165) is 18.4 Å². The molecule has 1 fully saturated rings. The number of carbonyl (C=O) groups is 1. The third-order valence-corrected chi connectivity index (χ3v) is 4.23. The van der Waals surface area contributed by atoms with Gasteiger partial charge in [0.25, 0.3) is 5.91 Å². The van der Waals surface area contributed by atoms with E-state index in [9.17, 15) is 4.79 Å². The molecule has 4 heteroatoms. The molecule has 1 aliphatic rings. The van der Waals surface area contributed by atoms with Gasteiger partial charge >= 0.3 is 0 Å². The Kier molecular flexibility index (Phi) is 4.92. The highest BCUT2D eigenvalue weighted by Gasteiger charge is 2.29. The highest BCUT2D eigenvalue weighted by molar-refractivity contribution is 6.32. The summed E-state index contributed by atoms with van der Waals surface area (Å²) in [7, 11) is 0. The minimum Gasteiger partial charge on any atom is -0.482 e. The fraction of sp³-hybridized carbons (Fsp3) is 0.562. The topological polar surface area (TPSA) is 29.5 Å². The summed E-state index contributed by atoms with van der Waals surface area (Å²) >= 11 is 6.07. The number of ether oxygens (including phenoxy) is 1. The lowest BCUT2D eigenvalue weighted by molar-refractivity contribution is -0.139. The highest BCUT2D eigenvalue weighted by atomic mass is 35.5. The summed E-state index contributed by atoms with van der Waals surface area (Å²) in [5.74, 6) is 0.625. The van der Waals surface area contributed by atoms with E-state index in [1.54, 1.807) is 6.07 Å². The Morgan fingerprint density at radius 1 is 1.35 bits per heavy atom. The van der Waals surface area contributed by atoms with Crippen molar-refractivity contribution >= 4 is 17.5 Å². The van der Waals surface area contributed by atoms with Crippen LogP contribution in [0.3, 0.4) is 0 Å². The van der Waals surface area contributed by atoms with Gasteiger partial charge in [-0.25, -0.2) is 0 Å². The van der Waals surface area contributed by atoms with Crippen molar-refractivity contribution in [2.75, 3.05) is 6.61 Å². The zero-order valence-corrected chi connectivity index (χ0v) is 13.1. The van der Waals surface area contributed by atoms with E-state index in [1.807, 2.05) is 24.0 Å². The van der Waals surface area contributed by atoms with Crippen LogP contribution >= 0.6 is 11.6 Å². The Morgan fingerprint density at radius 2 is 2.00 bits per heavy atom. The van der Waals surface area contributed by atoms with Crippen LogP contribution in [0.15, 0.2) is 18.2 Å². The lowest BCUT2D eigenvalue weighted by Gasteiger charge is -2.39. The van der Waals surface area contributed by atoms with Gasteiger partial charge in [0, 0.05) is 12.1 Å². The molecule has 1 aromatic rings. The third-order valence-electron chi connectivity index (χ3n) is 3.92. The second-order valence-corrected chi connectivity index (χ2v) is 6.06. The van der Waals surface area contributed by atoms with Crippen LogP contribution in [0.2, 0.25) is 5.02 Å². The Balaban J connectivity index is 1.99. The van der Waals surface area contributed by atoms with Gasteiger partial charge in [0.15, 0.2) is 6.61 Å². The minimum absolute atomic E-state index is 0.0438. The molecule has 0 radical (unpaired) electrons. The second kappa shape index (κ2) is 6.49. The van der Waals surface area contributed by atoms with Crippen LogP contribution in [0.4, 0.5) is 0 Å². The van der Waals surface area contributed by atoms with Crippen molar-refractivity contribution in [2.24, 2.45) is 0 Å². The summed E-state index contributed by atoms with van der Waals surface area (Å²) in [6.07, 6.45) is 3.33. The van der Waals surface area contributed by atoms with Crippen molar-refractivity contribution in [2.45, 2.75) is 52.1 Å². The van der Waals surface area contributed by atoms with Gasteiger partial charge in [-0.3, -0.25) is 4.79 Å². The maximum Gasteiger partial charge on any atom is 0.260 e. The number of benzene rings is 1. The number of hydrogen-bond acceptors (Lipinski definition) is 2. The smallest absolute Gasteiger partial charge is 0.260 e. The number of hydrogen-bond donors (Lipinski definition) is 0. The van der Waals surface area contributed by atoms with Gasteiger partial charge < -0.3 is 9.64 Å². The van der Waals surface area contributed by atoms with E-state index in [1.165, 1.54) is 6.42 Å². The van der Waals surface area contributed by atoms with Crippen molar-refractivity contribution in [1.29, 1.82) is 0 Å². The van der Waals surface area contributed by atoms with E-state index in [0.29, 0.717) is 22.9 Å². The molecular formula is C16H22ClNO2. The molecule has 1 heterocycles. The lowest BCUT2D eigenvalue weighted by atomic mass is 9.97. The van der Waals surface area contributed by atoms with Gasteiger partial charge in [0.05, 0.1) is 5.02 Å². The molecule has 20 heavy (non-hydrogen) atoms. The van der Waals surface area contributed by atoms with Crippen molar-refractivity contribution in [1.82, 2.24) is 4.90 Å². The predicted octanol–water partition coefficient (Wildman–Crippen LogP) is 3.82. The number of piperidine rings is 1. The van der Waals surface area contributed by atoms with Crippen LogP contribution in [-0.4, -0.2) is 29.5 Å². The van der Waals surface area contributed by atoms with Crippen LogP contribution in [0.5, 0.6) is 5.75 Å². The number of rotatable bonds is 3. The number of nitrogens with zero attached hydrogens (tertiary/aromatic N) is 1. The van der Waals surface area contributed by atoms with Crippen LogP contribution in [-0.2, 0) is 4.79 Å². The molecule has 0 bridgehead atoms. The zero-order valence-electron chi connectivity index (χ0n) is 12.4. The van der Waals surface area contributed by atoms with E-state index in [2.05, 4.69) is 13.8 Å². The van der Waals surface area contributed by atoms with E-state index >= 15 is 0 Å². The first kappa shape index (κ1) is 15.2. The lowest BCUT2D eigenvalue weighted by Crippen LogP contribution is -2.49. The maximum absolute atomic E-state index is 12.3. The number of carbonyl (C=O) groups excluding carboxylic acids is 1. The van der Waals surface area contributed by atoms with Gasteiger partial charge in [-0.05, 0) is 57.7 Å². The molecule has 2 rings (SSSR count). The number of amides is 1. The normalized spacial score (nSPS) is 22.7. The van der Waals surface area contributed by atoms with Gasteiger partial charge in [0.1, 0.15) is 5.75 Å². The van der Waals surface area contributed by atoms with Crippen LogP contribution < -0.4 is 4.74 Å². The van der Waals surface area contributed by atoms with Crippen molar-refractivity contribution in [3.05, 3.63) is 28.8 Å². The molecule has 0 saturated carbocycles. The largest absolute Gasteiger partial charge is 0.482 e. The molecule has 0 aliphatic carbocycles. The molecule has 1 saturated heterocycles. The average molecular weight is 296 g/mol. The molecule has 0 aromatic heterocycles. The summed E-state index contributed by atoms with van der Waals surface area (Å²) in [5, 5.41) is 0.545. The maximum atomic E-state index is 12.3. The summed E-state index contributed by atoms with van der Waals surface area (Å²) < 4.78 is 5.61.